The second-order valence-electron chi connectivity index (χ2n) is 5.28. The van der Waals surface area contributed by atoms with Gasteiger partial charge >= 0.3 is 0 Å². The van der Waals surface area contributed by atoms with Crippen LogP contribution >= 0.6 is 11.6 Å². The Morgan fingerprint density at radius 3 is 2.53 bits per heavy atom. The lowest BCUT2D eigenvalue weighted by Gasteiger charge is -2.34. The second-order valence-corrected chi connectivity index (χ2v) is 5.90. The summed E-state index contributed by atoms with van der Waals surface area (Å²) in [7, 11) is 1.93. The van der Waals surface area contributed by atoms with Crippen molar-refractivity contribution < 1.29 is 4.79 Å². The van der Waals surface area contributed by atoms with Crippen LogP contribution in [0.2, 0.25) is 0 Å². The number of hydrogen-bond donors (Lipinski definition) is 0. The third kappa shape index (κ3) is 2.66. The lowest BCUT2D eigenvalue weighted by atomic mass is 9.84. The van der Waals surface area contributed by atoms with Gasteiger partial charge in [-0.2, -0.15) is 0 Å². The van der Waals surface area contributed by atoms with E-state index in [2.05, 4.69) is 6.92 Å². The molecule has 0 aromatic carbocycles. The summed E-state index contributed by atoms with van der Waals surface area (Å²) in [5.41, 5.74) is 0. The van der Waals surface area contributed by atoms with Crippen molar-refractivity contribution in [3.63, 3.8) is 0 Å². The molecule has 3 heteroatoms. The molecule has 0 radical (unpaired) electrons. The SMILES string of the molecule is CC(C(=O)N(C)CC1CC(Cl)C1)C1CC1. The normalized spacial score (nSPS) is 31.9. The molecule has 0 spiro atoms. The molecule has 15 heavy (non-hydrogen) atoms. The average Bonchev–Trinajstić information content (AvgIpc) is 2.96. The van der Waals surface area contributed by atoms with Crippen LogP contribution in [0.4, 0.5) is 0 Å². The van der Waals surface area contributed by atoms with Gasteiger partial charge in [0.25, 0.3) is 0 Å². The fraction of sp³-hybridized carbons (Fsp3) is 0.917. The zero-order valence-electron chi connectivity index (χ0n) is 9.58. The first-order valence-corrected chi connectivity index (χ1v) is 6.40. The number of carbonyl (C=O) groups is 1. The highest BCUT2D eigenvalue weighted by Gasteiger charge is 2.35. The van der Waals surface area contributed by atoms with Crippen molar-refractivity contribution >= 4 is 17.5 Å². The summed E-state index contributed by atoms with van der Waals surface area (Å²) >= 11 is 5.93. The Labute approximate surface area is 97.0 Å². The Bertz CT molecular complexity index is 246. The Morgan fingerprint density at radius 1 is 1.47 bits per heavy atom. The molecule has 1 amide bonds. The summed E-state index contributed by atoms with van der Waals surface area (Å²) in [6.45, 7) is 2.97. The van der Waals surface area contributed by atoms with Crippen molar-refractivity contribution in [2.24, 2.45) is 17.8 Å². The van der Waals surface area contributed by atoms with Crippen molar-refractivity contribution in [2.45, 2.75) is 38.0 Å². The smallest absolute Gasteiger partial charge is 0.225 e. The van der Waals surface area contributed by atoms with Crippen molar-refractivity contribution in [3.05, 3.63) is 0 Å². The van der Waals surface area contributed by atoms with Crippen molar-refractivity contribution in [3.8, 4) is 0 Å². The molecule has 0 bridgehead atoms. The maximum absolute atomic E-state index is 12.0. The van der Waals surface area contributed by atoms with Gasteiger partial charge in [-0.1, -0.05) is 6.92 Å². The van der Waals surface area contributed by atoms with Crippen molar-refractivity contribution in [2.75, 3.05) is 13.6 Å². The van der Waals surface area contributed by atoms with Crippen LogP contribution in [-0.2, 0) is 4.79 Å². The number of nitrogens with zero attached hydrogens (tertiary/aromatic N) is 1. The number of carbonyl (C=O) groups excluding carboxylic acids is 1. The van der Waals surface area contributed by atoms with Crippen LogP contribution in [0.5, 0.6) is 0 Å². The van der Waals surface area contributed by atoms with E-state index < -0.39 is 0 Å². The van der Waals surface area contributed by atoms with E-state index in [0.717, 1.165) is 19.4 Å². The Hall–Kier alpha value is -0.240. The topological polar surface area (TPSA) is 20.3 Å². The van der Waals surface area contributed by atoms with Gasteiger partial charge in [0, 0.05) is 24.9 Å². The van der Waals surface area contributed by atoms with Gasteiger partial charge in [0.2, 0.25) is 5.91 Å². The van der Waals surface area contributed by atoms with Crippen LogP contribution in [-0.4, -0.2) is 29.8 Å². The van der Waals surface area contributed by atoms with E-state index >= 15 is 0 Å². The zero-order chi connectivity index (χ0) is 11.0. The molecule has 2 nitrogen and oxygen atoms in total. The molecule has 2 rings (SSSR count). The lowest BCUT2D eigenvalue weighted by molar-refractivity contribution is -0.135. The van der Waals surface area contributed by atoms with Crippen molar-refractivity contribution in [1.82, 2.24) is 4.90 Å². The third-order valence-corrected chi connectivity index (χ3v) is 4.16. The maximum atomic E-state index is 12.0. The first-order chi connectivity index (χ1) is 7.08. The summed E-state index contributed by atoms with van der Waals surface area (Å²) in [4.78, 5) is 13.9. The van der Waals surface area contributed by atoms with Gasteiger partial charge in [-0.05, 0) is 37.5 Å². The largest absolute Gasteiger partial charge is 0.345 e. The highest BCUT2D eigenvalue weighted by atomic mass is 35.5. The fourth-order valence-corrected chi connectivity index (χ4v) is 2.93. The highest BCUT2D eigenvalue weighted by Crippen LogP contribution is 2.38. The minimum absolute atomic E-state index is 0.238. The quantitative estimate of drug-likeness (QED) is 0.679. The summed E-state index contributed by atoms with van der Waals surface area (Å²) in [6.07, 6.45) is 4.65. The van der Waals surface area contributed by atoms with E-state index in [1.165, 1.54) is 12.8 Å². The molecule has 1 unspecified atom stereocenters. The molecule has 2 saturated carbocycles. The van der Waals surface area contributed by atoms with Crippen LogP contribution in [0.25, 0.3) is 0 Å². The molecule has 0 heterocycles. The van der Waals surface area contributed by atoms with Gasteiger partial charge in [-0.25, -0.2) is 0 Å². The van der Waals surface area contributed by atoms with Crippen LogP contribution in [0, 0.1) is 17.8 Å². The molecule has 2 aliphatic rings. The van der Waals surface area contributed by atoms with Gasteiger partial charge in [-0.3, -0.25) is 4.79 Å². The van der Waals surface area contributed by atoms with E-state index in [4.69, 9.17) is 11.6 Å². The molecule has 2 aliphatic carbocycles. The van der Waals surface area contributed by atoms with Gasteiger partial charge in [0.05, 0.1) is 0 Å². The summed E-state index contributed by atoms with van der Waals surface area (Å²) < 4.78 is 0. The molecule has 86 valence electrons. The highest BCUT2D eigenvalue weighted by molar-refractivity contribution is 6.21. The first-order valence-electron chi connectivity index (χ1n) is 5.97. The summed E-state index contributed by atoms with van der Waals surface area (Å²) in [5.74, 6) is 1.88. The molecule has 0 saturated heterocycles. The number of amides is 1. The first kappa shape index (κ1) is 11.3. The molecule has 0 aromatic heterocycles. The fourth-order valence-electron chi connectivity index (χ4n) is 2.43. The molecular formula is C12H20ClNO. The molecule has 1 atom stereocenters. The van der Waals surface area contributed by atoms with E-state index in [1.54, 1.807) is 0 Å². The zero-order valence-corrected chi connectivity index (χ0v) is 10.3. The number of rotatable bonds is 4. The number of hydrogen-bond acceptors (Lipinski definition) is 1. The van der Waals surface area contributed by atoms with E-state index in [0.29, 0.717) is 23.1 Å². The van der Waals surface area contributed by atoms with Gasteiger partial charge in [0.1, 0.15) is 0 Å². The minimum Gasteiger partial charge on any atom is -0.345 e. The van der Waals surface area contributed by atoms with Crippen LogP contribution in [0.15, 0.2) is 0 Å². The van der Waals surface area contributed by atoms with E-state index in [9.17, 15) is 4.79 Å². The van der Waals surface area contributed by atoms with E-state index in [1.807, 2.05) is 11.9 Å². The predicted molar refractivity (Wildman–Crippen MR) is 61.9 cm³/mol. The molecule has 0 aromatic rings. The lowest BCUT2D eigenvalue weighted by Crippen LogP contribution is -2.40. The summed E-state index contributed by atoms with van der Waals surface area (Å²) in [6, 6.07) is 0. The Kier molecular flexibility index (Phi) is 3.24. The van der Waals surface area contributed by atoms with Gasteiger partial charge in [-0.15, -0.1) is 11.6 Å². The monoisotopic (exact) mass is 229 g/mol. The average molecular weight is 230 g/mol. The van der Waals surface area contributed by atoms with Gasteiger partial charge < -0.3 is 4.90 Å². The van der Waals surface area contributed by atoms with Crippen LogP contribution in [0.1, 0.15) is 32.6 Å². The molecule has 0 N–H and O–H groups in total. The standard InChI is InChI=1S/C12H20ClNO/c1-8(10-3-4-10)12(15)14(2)7-9-5-11(13)6-9/h8-11H,3-7H2,1-2H3. The maximum Gasteiger partial charge on any atom is 0.225 e. The molecule has 0 aliphatic heterocycles. The minimum atomic E-state index is 0.238. The molecular weight excluding hydrogens is 210 g/mol. The molecule has 2 fully saturated rings. The third-order valence-electron chi connectivity index (χ3n) is 3.81. The van der Waals surface area contributed by atoms with Crippen LogP contribution in [0.3, 0.4) is 0 Å². The number of halogens is 1. The predicted octanol–water partition coefficient (Wildman–Crippen LogP) is 2.51. The van der Waals surface area contributed by atoms with Crippen LogP contribution < -0.4 is 0 Å². The Morgan fingerprint density at radius 2 is 2.07 bits per heavy atom. The summed E-state index contributed by atoms with van der Waals surface area (Å²) in [5, 5.41) is 0.361. The Balaban J connectivity index is 1.74. The van der Waals surface area contributed by atoms with Crippen molar-refractivity contribution in [1.29, 1.82) is 0 Å². The second kappa shape index (κ2) is 4.32. The van der Waals surface area contributed by atoms with E-state index in [-0.39, 0.29) is 5.92 Å². The van der Waals surface area contributed by atoms with Gasteiger partial charge in [0.15, 0.2) is 0 Å². The number of alkyl halides is 1.